The Kier molecular flexibility index (Phi) is 6.65. The van der Waals surface area contributed by atoms with Gasteiger partial charge in [0.15, 0.2) is 5.82 Å². The number of tetrazole rings is 1. The number of piperidine rings is 1. The molecule has 9 heteroatoms. The zero-order chi connectivity index (χ0) is 22.5. The van der Waals surface area contributed by atoms with Crippen LogP contribution in [-0.4, -0.2) is 58.3 Å². The second-order valence-corrected chi connectivity index (χ2v) is 7.90. The molecular weight excluding hydrogens is 408 g/mol. The first-order valence-electron chi connectivity index (χ1n) is 10.7. The fourth-order valence-electron chi connectivity index (χ4n) is 4.26. The highest BCUT2D eigenvalue weighted by atomic mass is 16.5. The molecule has 1 aliphatic rings. The van der Waals surface area contributed by atoms with Crippen molar-refractivity contribution in [3.05, 3.63) is 65.5 Å². The van der Waals surface area contributed by atoms with Crippen molar-refractivity contribution in [1.82, 2.24) is 25.1 Å². The van der Waals surface area contributed by atoms with Crippen LogP contribution in [0, 0.1) is 5.92 Å². The van der Waals surface area contributed by atoms with Gasteiger partial charge in [0.05, 0.1) is 20.8 Å². The van der Waals surface area contributed by atoms with E-state index in [1.807, 2.05) is 53.2 Å². The molecule has 1 atom stereocenters. The van der Waals surface area contributed by atoms with E-state index >= 15 is 0 Å². The van der Waals surface area contributed by atoms with Gasteiger partial charge in [0.25, 0.3) is 0 Å². The predicted octanol–water partition coefficient (Wildman–Crippen LogP) is 2.03. The average Bonchev–Trinajstić information content (AvgIpc) is 3.28. The van der Waals surface area contributed by atoms with Crippen LogP contribution >= 0.6 is 0 Å². The second-order valence-electron chi connectivity index (χ2n) is 7.90. The number of nitrogens with two attached hydrogens (primary N) is 1. The Bertz CT molecular complexity index is 1040. The molecule has 32 heavy (non-hydrogen) atoms. The minimum absolute atomic E-state index is 0.0973. The maximum Gasteiger partial charge on any atom is 0.220 e. The van der Waals surface area contributed by atoms with E-state index in [2.05, 4.69) is 20.4 Å². The van der Waals surface area contributed by atoms with Crippen LogP contribution in [0.3, 0.4) is 0 Å². The normalized spacial score (nSPS) is 15.9. The van der Waals surface area contributed by atoms with Crippen molar-refractivity contribution >= 4 is 5.91 Å². The van der Waals surface area contributed by atoms with Crippen LogP contribution in [-0.2, 0) is 11.3 Å². The zero-order valence-electron chi connectivity index (χ0n) is 18.3. The van der Waals surface area contributed by atoms with Crippen LogP contribution in [0.4, 0.5) is 0 Å². The molecule has 0 spiro atoms. The number of para-hydroxylation sites is 1. The largest absolute Gasteiger partial charge is 0.497 e. The smallest absolute Gasteiger partial charge is 0.220 e. The van der Waals surface area contributed by atoms with E-state index in [1.54, 1.807) is 14.2 Å². The van der Waals surface area contributed by atoms with Crippen LogP contribution in [0.15, 0.2) is 48.5 Å². The minimum atomic E-state index is -0.233. The fraction of sp³-hybridized carbons (Fsp3) is 0.391. The van der Waals surface area contributed by atoms with Crippen molar-refractivity contribution in [1.29, 1.82) is 0 Å². The van der Waals surface area contributed by atoms with Crippen molar-refractivity contribution < 1.29 is 14.3 Å². The number of methoxy groups -OCH3 is 2. The summed E-state index contributed by atoms with van der Waals surface area (Å²) < 4.78 is 12.7. The first-order chi connectivity index (χ1) is 15.6. The lowest BCUT2D eigenvalue weighted by Gasteiger charge is -2.36. The van der Waals surface area contributed by atoms with Gasteiger partial charge in [0.2, 0.25) is 5.91 Å². The molecule has 1 aromatic heterocycles. The maximum absolute atomic E-state index is 11.7. The Hall–Kier alpha value is -3.46. The number of hydrogen-bond donors (Lipinski definition) is 1. The maximum atomic E-state index is 11.7. The molecule has 1 amide bonds. The van der Waals surface area contributed by atoms with E-state index < -0.39 is 0 Å². The average molecular weight is 437 g/mol. The molecule has 1 saturated heterocycles. The topological polar surface area (TPSA) is 108 Å². The van der Waals surface area contributed by atoms with E-state index in [0.717, 1.165) is 28.5 Å². The molecule has 2 heterocycles. The highest BCUT2D eigenvalue weighted by Crippen LogP contribution is 2.36. The molecule has 0 bridgehead atoms. The van der Waals surface area contributed by atoms with Crippen molar-refractivity contribution in [2.75, 3.05) is 27.3 Å². The van der Waals surface area contributed by atoms with E-state index in [9.17, 15) is 4.79 Å². The quantitative estimate of drug-likeness (QED) is 0.575. The van der Waals surface area contributed by atoms with Gasteiger partial charge in [-0.2, -0.15) is 0 Å². The van der Waals surface area contributed by atoms with Gasteiger partial charge in [-0.3, -0.25) is 9.69 Å². The lowest BCUT2D eigenvalue weighted by Crippen LogP contribution is -2.41. The first kappa shape index (κ1) is 21.8. The Balaban J connectivity index is 1.68. The summed E-state index contributed by atoms with van der Waals surface area (Å²) in [5.41, 5.74) is 7.59. The molecular formula is C23H28N6O3. The van der Waals surface area contributed by atoms with Crippen LogP contribution in [0.2, 0.25) is 0 Å². The van der Waals surface area contributed by atoms with E-state index in [4.69, 9.17) is 15.2 Å². The molecule has 0 unspecified atom stereocenters. The van der Waals surface area contributed by atoms with Crippen LogP contribution in [0.25, 0.3) is 0 Å². The summed E-state index contributed by atoms with van der Waals surface area (Å²) in [6.07, 6.45) is 1.42. The van der Waals surface area contributed by atoms with Crippen molar-refractivity contribution in [3.8, 4) is 11.5 Å². The Morgan fingerprint density at radius 2 is 1.81 bits per heavy atom. The number of ether oxygens (including phenoxy) is 2. The van der Waals surface area contributed by atoms with Gasteiger partial charge < -0.3 is 15.2 Å². The van der Waals surface area contributed by atoms with E-state index in [1.165, 1.54) is 0 Å². The number of rotatable bonds is 8. The lowest BCUT2D eigenvalue weighted by molar-refractivity contribution is -0.123. The molecule has 2 N–H and O–H groups in total. The molecule has 0 aliphatic carbocycles. The zero-order valence-corrected chi connectivity index (χ0v) is 18.3. The van der Waals surface area contributed by atoms with Crippen LogP contribution in [0.5, 0.6) is 11.5 Å². The number of amides is 1. The van der Waals surface area contributed by atoms with Gasteiger partial charge in [0, 0.05) is 11.5 Å². The summed E-state index contributed by atoms with van der Waals surface area (Å²) in [7, 11) is 3.31. The lowest BCUT2D eigenvalue weighted by atomic mass is 9.93. The summed E-state index contributed by atoms with van der Waals surface area (Å²) in [5.74, 6) is 1.97. The second kappa shape index (κ2) is 9.78. The number of hydrogen-bond acceptors (Lipinski definition) is 7. The Morgan fingerprint density at radius 3 is 2.47 bits per heavy atom. The van der Waals surface area contributed by atoms with Gasteiger partial charge in [-0.25, -0.2) is 4.68 Å². The minimum Gasteiger partial charge on any atom is -0.497 e. The first-order valence-corrected chi connectivity index (χ1v) is 10.7. The number of aromatic nitrogens is 4. The summed E-state index contributed by atoms with van der Waals surface area (Å²) in [6.45, 7) is 1.95. The third-order valence-corrected chi connectivity index (χ3v) is 6.03. The number of carbonyl (C=O) groups excluding carboxylic acids is 1. The molecule has 4 rings (SSSR count). The molecule has 1 fully saturated rings. The number of carbonyl (C=O) groups is 1. The third-order valence-electron chi connectivity index (χ3n) is 6.03. The van der Waals surface area contributed by atoms with Crippen LogP contribution < -0.4 is 15.2 Å². The fourth-order valence-corrected chi connectivity index (χ4v) is 4.26. The SMILES string of the molecule is COc1ccc(Cn2nnnc2[C@H](c2ccccc2OC)N2CCC(C(N)=O)CC2)cc1. The Labute approximate surface area is 187 Å². The third kappa shape index (κ3) is 4.57. The molecule has 2 aromatic carbocycles. The van der Waals surface area contributed by atoms with Crippen molar-refractivity contribution in [3.63, 3.8) is 0 Å². The molecule has 1 aliphatic heterocycles. The van der Waals surface area contributed by atoms with Crippen molar-refractivity contribution in [2.45, 2.75) is 25.4 Å². The van der Waals surface area contributed by atoms with Gasteiger partial charge in [0.1, 0.15) is 17.5 Å². The van der Waals surface area contributed by atoms with E-state index in [0.29, 0.717) is 32.5 Å². The summed E-state index contributed by atoms with van der Waals surface area (Å²) in [6, 6.07) is 15.5. The molecule has 0 radical (unpaired) electrons. The Morgan fingerprint density at radius 1 is 1.09 bits per heavy atom. The summed E-state index contributed by atoms with van der Waals surface area (Å²) in [5, 5.41) is 12.7. The van der Waals surface area contributed by atoms with Gasteiger partial charge in [-0.05, 0) is 60.1 Å². The number of nitrogens with zero attached hydrogens (tertiary/aromatic N) is 5. The summed E-state index contributed by atoms with van der Waals surface area (Å²) in [4.78, 5) is 14.0. The number of benzene rings is 2. The standard InChI is InChI=1S/C23H28N6O3/c1-31-18-9-7-16(8-10-18)15-29-23(25-26-27-29)21(19-5-3-4-6-20(19)32-2)28-13-11-17(12-14-28)22(24)30/h3-10,17,21H,11-15H2,1-2H3,(H2,24,30)/t21-/m0/s1. The number of primary amides is 1. The van der Waals surface area contributed by atoms with Crippen molar-refractivity contribution in [2.24, 2.45) is 11.7 Å². The highest BCUT2D eigenvalue weighted by Gasteiger charge is 2.34. The molecule has 0 saturated carbocycles. The number of likely N-dealkylation sites (tertiary alicyclic amines) is 1. The van der Waals surface area contributed by atoms with Crippen LogP contribution in [0.1, 0.15) is 35.8 Å². The van der Waals surface area contributed by atoms with Gasteiger partial charge in [-0.1, -0.05) is 30.3 Å². The molecule has 3 aromatic rings. The monoisotopic (exact) mass is 436 g/mol. The van der Waals surface area contributed by atoms with E-state index in [-0.39, 0.29) is 17.9 Å². The summed E-state index contributed by atoms with van der Waals surface area (Å²) >= 11 is 0. The predicted molar refractivity (Wildman–Crippen MR) is 118 cm³/mol. The molecule has 9 nitrogen and oxygen atoms in total. The van der Waals surface area contributed by atoms with Gasteiger partial charge >= 0.3 is 0 Å². The van der Waals surface area contributed by atoms with Gasteiger partial charge in [-0.15, -0.1) is 5.10 Å². The molecule has 168 valence electrons. The highest BCUT2D eigenvalue weighted by molar-refractivity contribution is 5.76.